The van der Waals surface area contributed by atoms with E-state index in [0.717, 1.165) is 25.7 Å². The highest BCUT2D eigenvalue weighted by Gasteiger charge is 2.22. The summed E-state index contributed by atoms with van der Waals surface area (Å²) in [6.45, 7) is 0.362. The second kappa shape index (κ2) is 6.26. The first-order valence-electron chi connectivity index (χ1n) is 6.67. The Labute approximate surface area is 115 Å². The highest BCUT2D eigenvalue weighted by atomic mass is 19.2. The topological polar surface area (TPSA) is 55.1 Å². The molecule has 6 heteroatoms. The molecule has 3 nitrogen and oxygen atoms in total. The quantitative estimate of drug-likeness (QED) is 0.838. The number of amides is 1. The molecule has 0 heterocycles. The van der Waals surface area contributed by atoms with Crippen molar-refractivity contribution >= 4 is 5.91 Å². The van der Waals surface area contributed by atoms with Gasteiger partial charge in [-0.1, -0.05) is 12.8 Å². The minimum absolute atomic E-state index is 0.0331. The minimum atomic E-state index is -1.57. The number of carbonyl (C=O) groups excluding carboxylic acids is 1. The van der Waals surface area contributed by atoms with Crippen molar-refractivity contribution < 1.29 is 18.0 Å². The highest BCUT2D eigenvalue weighted by molar-refractivity contribution is 5.94. The van der Waals surface area contributed by atoms with E-state index in [1.807, 2.05) is 0 Å². The summed E-state index contributed by atoms with van der Waals surface area (Å²) in [6, 6.07) is 1.41. The fourth-order valence-electron chi connectivity index (χ4n) is 2.50. The van der Waals surface area contributed by atoms with Gasteiger partial charge in [-0.2, -0.15) is 0 Å². The third kappa shape index (κ3) is 3.30. The van der Waals surface area contributed by atoms with Crippen molar-refractivity contribution in [3.63, 3.8) is 0 Å². The van der Waals surface area contributed by atoms with Crippen LogP contribution in [-0.4, -0.2) is 18.5 Å². The summed E-state index contributed by atoms with van der Waals surface area (Å²) in [5, 5.41) is 2.60. The molecule has 0 aliphatic heterocycles. The molecule has 0 radical (unpaired) electrons. The summed E-state index contributed by atoms with van der Waals surface area (Å²) < 4.78 is 38.9. The van der Waals surface area contributed by atoms with E-state index in [0.29, 0.717) is 18.7 Å². The lowest BCUT2D eigenvalue weighted by Crippen LogP contribution is -2.41. The summed E-state index contributed by atoms with van der Waals surface area (Å²) in [5.74, 6) is -4.77. The van der Waals surface area contributed by atoms with Gasteiger partial charge >= 0.3 is 0 Å². The van der Waals surface area contributed by atoms with E-state index in [1.165, 1.54) is 0 Å². The Hall–Kier alpha value is -1.56. The number of nitrogens with two attached hydrogens (primary N) is 1. The van der Waals surface area contributed by atoms with Crippen LogP contribution in [0.5, 0.6) is 0 Å². The second-order valence-corrected chi connectivity index (χ2v) is 5.17. The number of rotatable bonds is 3. The lowest BCUT2D eigenvalue weighted by molar-refractivity contribution is 0.0940. The van der Waals surface area contributed by atoms with E-state index in [4.69, 9.17) is 5.73 Å². The van der Waals surface area contributed by atoms with Crippen LogP contribution in [0.2, 0.25) is 0 Å². The Morgan fingerprint density at radius 2 is 1.80 bits per heavy atom. The van der Waals surface area contributed by atoms with E-state index in [9.17, 15) is 18.0 Å². The highest BCUT2D eigenvalue weighted by Crippen LogP contribution is 2.22. The molecule has 2 rings (SSSR count). The molecule has 0 spiro atoms. The molecule has 1 aromatic carbocycles. The van der Waals surface area contributed by atoms with Crippen molar-refractivity contribution in [3.05, 3.63) is 35.1 Å². The Morgan fingerprint density at radius 3 is 2.40 bits per heavy atom. The third-order valence-corrected chi connectivity index (χ3v) is 3.74. The second-order valence-electron chi connectivity index (χ2n) is 5.17. The zero-order valence-corrected chi connectivity index (χ0v) is 11.0. The molecule has 1 saturated carbocycles. The molecule has 0 saturated heterocycles. The van der Waals surface area contributed by atoms with Gasteiger partial charge in [0.1, 0.15) is 0 Å². The van der Waals surface area contributed by atoms with Gasteiger partial charge in [-0.3, -0.25) is 4.79 Å². The molecule has 1 amide bonds. The fourth-order valence-corrected chi connectivity index (χ4v) is 2.50. The van der Waals surface area contributed by atoms with Crippen LogP contribution in [0.25, 0.3) is 0 Å². The maximum atomic E-state index is 13.0. The smallest absolute Gasteiger partial charge is 0.251 e. The summed E-state index contributed by atoms with van der Waals surface area (Å²) in [7, 11) is 0. The van der Waals surface area contributed by atoms with Gasteiger partial charge in [-0.15, -0.1) is 0 Å². The summed E-state index contributed by atoms with van der Waals surface area (Å²) in [6.07, 6.45) is 3.99. The van der Waals surface area contributed by atoms with E-state index in [-0.39, 0.29) is 17.5 Å². The standard InChI is InChI=1S/C14H17F3N2O/c15-10-5-9(6-11(16)13(10)17)14(20)19-7-8-3-1-2-4-12(8)18/h5-6,8,12H,1-4,7,18H2,(H,19,20). The maximum Gasteiger partial charge on any atom is 0.251 e. The van der Waals surface area contributed by atoms with E-state index in [1.54, 1.807) is 0 Å². The third-order valence-electron chi connectivity index (χ3n) is 3.74. The van der Waals surface area contributed by atoms with Crippen LogP contribution in [0.15, 0.2) is 12.1 Å². The van der Waals surface area contributed by atoms with Crippen LogP contribution in [-0.2, 0) is 0 Å². The first-order valence-corrected chi connectivity index (χ1v) is 6.67. The van der Waals surface area contributed by atoms with Crippen LogP contribution < -0.4 is 11.1 Å². The van der Waals surface area contributed by atoms with Crippen molar-refractivity contribution in [1.29, 1.82) is 0 Å². The normalized spacial score (nSPS) is 22.6. The first-order chi connectivity index (χ1) is 9.49. The maximum absolute atomic E-state index is 13.0. The number of hydrogen-bond acceptors (Lipinski definition) is 2. The molecule has 1 aliphatic carbocycles. The average Bonchev–Trinajstić information content (AvgIpc) is 2.43. The van der Waals surface area contributed by atoms with Crippen molar-refractivity contribution in [2.45, 2.75) is 31.7 Å². The van der Waals surface area contributed by atoms with Gasteiger partial charge in [-0.25, -0.2) is 13.2 Å². The molecule has 110 valence electrons. The summed E-state index contributed by atoms with van der Waals surface area (Å²) in [5.41, 5.74) is 5.72. The van der Waals surface area contributed by atoms with Gasteiger partial charge in [0.25, 0.3) is 5.91 Å². The van der Waals surface area contributed by atoms with Crippen LogP contribution >= 0.6 is 0 Å². The van der Waals surface area contributed by atoms with Crippen molar-refractivity contribution in [2.75, 3.05) is 6.54 Å². The van der Waals surface area contributed by atoms with Gasteiger partial charge in [-0.05, 0) is 30.9 Å². The number of nitrogens with one attached hydrogen (secondary N) is 1. The lowest BCUT2D eigenvalue weighted by atomic mass is 9.85. The SMILES string of the molecule is NC1CCCCC1CNC(=O)c1cc(F)c(F)c(F)c1. The Bertz CT molecular complexity index is 484. The molecule has 3 N–H and O–H groups in total. The molecule has 0 aromatic heterocycles. The Morgan fingerprint density at radius 1 is 1.20 bits per heavy atom. The fraction of sp³-hybridized carbons (Fsp3) is 0.500. The molecule has 2 unspecified atom stereocenters. The molecule has 20 heavy (non-hydrogen) atoms. The largest absolute Gasteiger partial charge is 0.352 e. The molecule has 2 atom stereocenters. The number of carbonyl (C=O) groups is 1. The summed E-state index contributed by atoms with van der Waals surface area (Å²) >= 11 is 0. The van der Waals surface area contributed by atoms with Crippen LogP contribution in [0.3, 0.4) is 0 Å². The number of halogens is 3. The zero-order valence-electron chi connectivity index (χ0n) is 11.0. The van der Waals surface area contributed by atoms with Crippen LogP contribution in [0.1, 0.15) is 36.0 Å². The monoisotopic (exact) mass is 286 g/mol. The first kappa shape index (κ1) is 14.8. The van der Waals surface area contributed by atoms with Crippen molar-refractivity contribution in [2.24, 2.45) is 11.7 Å². The van der Waals surface area contributed by atoms with Gasteiger partial charge in [0.15, 0.2) is 17.5 Å². The number of benzene rings is 1. The molecular weight excluding hydrogens is 269 g/mol. The van der Waals surface area contributed by atoms with Crippen molar-refractivity contribution in [3.8, 4) is 0 Å². The van der Waals surface area contributed by atoms with Gasteiger partial charge in [0.2, 0.25) is 0 Å². The Balaban J connectivity index is 1.98. The molecule has 1 aromatic rings. The molecular formula is C14H17F3N2O. The van der Waals surface area contributed by atoms with Crippen LogP contribution in [0.4, 0.5) is 13.2 Å². The van der Waals surface area contributed by atoms with Gasteiger partial charge in [0, 0.05) is 18.2 Å². The minimum Gasteiger partial charge on any atom is -0.352 e. The summed E-state index contributed by atoms with van der Waals surface area (Å²) in [4.78, 5) is 11.8. The lowest BCUT2D eigenvalue weighted by Gasteiger charge is -2.28. The predicted molar refractivity (Wildman–Crippen MR) is 68.6 cm³/mol. The predicted octanol–water partition coefficient (Wildman–Crippen LogP) is 2.35. The Kier molecular flexibility index (Phi) is 4.65. The van der Waals surface area contributed by atoms with Gasteiger partial charge < -0.3 is 11.1 Å². The molecule has 1 fully saturated rings. The van der Waals surface area contributed by atoms with Gasteiger partial charge in [0.05, 0.1) is 0 Å². The zero-order chi connectivity index (χ0) is 14.7. The molecule has 1 aliphatic rings. The van der Waals surface area contributed by atoms with Crippen molar-refractivity contribution in [1.82, 2.24) is 5.32 Å². The number of hydrogen-bond donors (Lipinski definition) is 2. The van der Waals surface area contributed by atoms with E-state index in [2.05, 4.69) is 5.32 Å². The molecule has 0 bridgehead atoms. The van der Waals surface area contributed by atoms with Crippen LogP contribution in [0, 0.1) is 23.4 Å². The van der Waals surface area contributed by atoms with E-state index >= 15 is 0 Å². The van der Waals surface area contributed by atoms with E-state index < -0.39 is 23.4 Å². The average molecular weight is 286 g/mol.